The van der Waals surface area contributed by atoms with Crippen LogP contribution < -0.4 is 10.6 Å². The van der Waals surface area contributed by atoms with E-state index in [-0.39, 0.29) is 18.0 Å². The molecule has 0 aliphatic heterocycles. The minimum Gasteiger partial charge on any atom is -0.352 e. The quantitative estimate of drug-likeness (QED) is 0.648. The van der Waals surface area contributed by atoms with Gasteiger partial charge in [-0.05, 0) is 34.4 Å². The molecule has 4 heteroatoms. The number of nitrogens with one attached hydrogen (secondary N) is 2. The van der Waals surface area contributed by atoms with E-state index >= 15 is 0 Å². The van der Waals surface area contributed by atoms with Crippen LogP contribution in [0, 0.1) is 0 Å². The third-order valence-corrected chi connectivity index (χ3v) is 2.87. The van der Waals surface area contributed by atoms with Gasteiger partial charge in [0, 0.05) is 19.1 Å². The van der Waals surface area contributed by atoms with Crippen LogP contribution in [0.1, 0.15) is 33.6 Å². The van der Waals surface area contributed by atoms with Gasteiger partial charge < -0.3 is 10.6 Å². The van der Waals surface area contributed by atoms with E-state index in [1.54, 1.807) is 0 Å². The summed E-state index contributed by atoms with van der Waals surface area (Å²) in [7, 11) is 3.90. The van der Waals surface area contributed by atoms with Crippen LogP contribution in [0.4, 0.5) is 0 Å². The number of hydrogen-bond acceptors (Lipinski definition) is 3. The summed E-state index contributed by atoms with van der Waals surface area (Å²) in [6.07, 6.45) is 2.14. The predicted molar refractivity (Wildman–Crippen MR) is 68.5 cm³/mol. The highest BCUT2D eigenvalue weighted by Gasteiger charge is 2.18. The van der Waals surface area contributed by atoms with Crippen molar-refractivity contribution in [3.63, 3.8) is 0 Å². The van der Waals surface area contributed by atoms with Crippen LogP contribution in [-0.4, -0.2) is 50.1 Å². The van der Waals surface area contributed by atoms with Crippen LogP contribution in [0.3, 0.4) is 0 Å². The number of amides is 1. The highest BCUT2D eigenvalue weighted by Crippen LogP contribution is 1.99. The molecule has 0 aromatic carbocycles. The number of nitrogens with zero attached hydrogens (tertiary/aromatic N) is 1. The second kappa shape index (κ2) is 8.53. The molecule has 0 aromatic heterocycles. The van der Waals surface area contributed by atoms with Crippen molar-refractivity contribution in [1.29, 1.82) is 0 Å². The summed E-state index contributed by atoms with van der Waals surface area (Å²) >= 11 is 0. The molecule has 16 heavy (non-hydrogen) atoms. The van der Waals surface area contributed by atoms with Gasteiger partial charge in [0.15, 0.2) is 0 Å². The molecule has 96 valence electrons. The van der Waals surface area contributed by atoms with Crippen LogP contribution in [0.2, 0.25) is 0 Å². The second-order valence-corrected chi connectivity index (χ2v) is 4.46. The fourth-order valence-corrected chi connectivity index (χ4v) is 1.55. The van der Waals surface area contributed by atoms with Crippen molar-refractivity contribution < 1.29 is 4.79 Å². The van der Waals surface area contributed by atoms with Crippen LogP contribution in [0.5, 0.6) is 0 Å². The number of carbonyl (C=O) groups is 1. The molecule has 0 bridgehead atoms. The van der Waals surface area contributed by atoms with E-state index < -0.39 is 0 Å². The van der Waals surface area contributed by atoms with Crippen LogP contribution in [0.25, 0.3) is 0 Å². The molecule has 0 aromatic rings. The summed E-state index contributed by atoms with van der Waals surface area (Å²) in [5.74, 6) is 0.125. The highest BCUT2D eigenvalue weighted by atomic mass is 16.2. The molecule has 2 atom stereocenters. The average molecular weight is 229 g/mol. The lowest BCUT2D eigenvalue weighted by molar-refractivity contribution is -0.126. The van der Waals surface area contributed by atoms with Gasteiger partial charge in [0.05, 0.1) is 6.04 Å². The van der Waals surface area contributed by atoms with Gasteiger partial charge in [0.1, 0.15) is 0 Å². The molecule has 0 saturated heterocycles. The summed E-state index contributed by atoms with van der Waals surface area (Å²) in [5, 5.41) is 6.12. The molecule has 0 aliphatic carbocycles. The van der Waals surface area contributed by atoms with Crippen molar-refractivity contribution in [2.45, 2.75) is 45.7 Å². The Hall–Kier alpha value is -0.610. The normalized spacial score (nSPS) is 14.9. The Balaban J connectivity index is 3.96. The van der Waals surface area contributed by atoms with Crippen LogP contribution in [0.15, 0.2) is 0 Å². The Labute approximate surface area is 99.8 Å². The third-order valence-electron chi connectivity index (χ3n) is 2.87. The van der Waals surface area contributed by atoms with Crippen molar-refractivity contribution in [2.24, 2.45) is 0 Å². The molecule has 0 heterocycles. The summed E-state index contributed by atoms with van der Waals surface area (Å²) in [4.78, 5) is 13.9. The molecular formula is C12H27N3O. The van der Waals surface area contributed by atoms with E-state index in [4.69, 9.17) is 0 Å². The van der Waals surface area contributed by atoms with Crippen molar-refractivity contribution in [3.05, 3.63) is 0 Å². The first-order valence-electron chi connectivity index (χ1n) is 6.18. The molecule has 0 fully saturated rings. The maximum atomic E-state index is 11.9. The number of carbonyl (C=O) groups excluding carboxylic acids is 1. The van der Waals surface area contributed by atoms with Gasteiger partial charge in [0.2, 0.25) is 5.91 Å². The van der Waals surface area contributed by atoms with E-state index in [0.717, 1.165) is 25.9 Å². The van der Waals surface area contributed by atoms with Gasteiger partial charge in [-0.2, -0.15) is 0 Å². The van der Waals surface area contributed by atoms with E-state index in [9.17, 15) is 4.79 Å². The van der Waals surface area contributed by atoms with Crippen molar-refractivity contribution in [2.75, 3.05) is 27.2 Å². The first kappa shape index (κ1) is 15.4. The number of likely N-dealkylation sites (N-methyl/N-ethyl adjacent to an activating group) is 2. The molecular weight excluding hydrogens is 202 g/mol. The van der Waals surface area contributed by atoms with Gasteiger partial charge in [0.25, 0.3) is 0 Å². The molecule has 0 aliphatic rings. The minimum atomic E-state index is -0.0624. The molecule has 0 saturated carbocycles. The molecule has 4 nitrogen and oxygen atoms in total. The molecule has 0 rings (SSSR count). The monoisotopic (exact) mass is 229 g/mol. The maximum Gasteiger partial charge on any atom is 0.237 e. The Morgan fingerprint density at radius 1 is 1.38 bits per heavy atom. The largest absolute Gasteiger partial charge is 0.352 e. The number of hydrogen-bond donors (Lipinski definition) is 2. The number of rotatable bonds is 8. The first-order valence-corrected chi connectivity index (χ1v) is 6.18. The van der Waals surface area contributed by atoms with E-state index in [1.807, 2.05) is 21.0 Å². The summed E-state index contributed by atoms with van der Waals surface area (Å²) in [6, 6.07) is 0.213. The lowest BCUT2D eigenvalue weighted by Gasteiger charge is -2.25. The maximum absolute atomic E-state index is 11.9. The van der Waals surface area contributed by atoms with E-state index in [2.05, 4.69) is 29.4 Å². The zero-order valence-corrected chi connectivity index (χ0v) is 11.3. The van der Waals surface area contributed by atoms with Crippen molar-refractivity contribution in [1.82, 2.24) is 15.5 Å². The topological polar surface area (TPSA) is 44.4 Å². The fraction of sp³-hybridized carbons (Fsp3) is 0.917. The van der Waals surface area contributed by atoms with Gasteiger partial charge >= 0.3 is 0 Å². The highest BCUT2D eigenvalue weighted by molar-refractivity contribution is 5.81. The second-order valence-electron chi connectivity index (χ2n) is 4.46. The van der Waals surface area contributed by atoms with Gasteiger partial charge in [-0.15, -0.1) is 0 Å². The third kappa shape index (κ3) is 6.08. The average Bonchev–Trinajstić information content (AvgIpc) is 2.24. The lowest BCUT2D eigenvalue weighted by atomic mass is 10.2. The summed E-state index contributed by atoms with van der Waals surface area (Å²) in [5.41, 5.74) is 0. The molecule has 2 unspecified atom stereocenters. The summed E-state index contributed by atoms with van der Waals surface area (Å²) < 4.78 is 0. The minimum absolute atomic E-state index is 0.0624. The first-order chi connectivity index (χ1) is 7.52. The molecule has 0 spiro atoms. The Bertz CT molecular complexity index is 197. The zero-order chi connectivity index (χ0) is 12.6. The molecule has 1 amide bonds. The predicted octanol–water partition coefficient (Wildman–Crippen LogP) is 0.831. The zero-order valence-electron chi connectivity index (χ0n) is 11.3. The molecule has 2 N–H and O–H groups in total. The lowest BCUT2D eigenvalue weighted by Crippen LogP contribution is -2.47. The van der Waals surface area contributed by atoms with Crippen molar-refractivity contribution in [3.8, 4) is 0 Å². The van der Waals surface area contributed by atoms with E-state index in [0.29, 0.717) is 0 Å². The van der Waals surface area contributed by atoms with Crippen LogP contribution in [-0.2, 0) is 4.79 Å². The van der Waals surface area contributed by atoms with Crippen LogP contribution >= 0.6 is 0 Å². The van der Waals surface area contributed by atoms with Gasteiger partial charge in [-0.3, -0.25) is 9.69 Å². The van der Waals surface area contributed by atoms with Gasteiger partial charge in [-0.1, -0.05) is 13.3 Å². The summed E-state index contributed by atoms with van der Waals surface area (Å²) in [6.45, 7) is 7.92. The Morgan fingerprint density at radius 3 is 2.50 bits per heavy atom. The SMILES string of the molecule is CCCC(C)NC(=O)C(C)N(C)CCNC. The van der Waals surface area contributed by atoms with Gasteiger partial charge in [-0.25, -0.2) is 0 Å². The Kier molecular flexibility index (Phi) is 8.21. The standard InChI is InChI=1S/C12H27N3O/c1-6-7-10(2)14-12(16)11(3)15(5)9-8-13-4/h10-11,13H,6-9H2,1-5H3,(H,14,16). The molecule has 0 radical (unpaired) electrons. The Morgan fingerprint density at radius 2 is 2.00 bits per heavy atom. The fourth-order valence-electron chi connectivity index (χ4n) is 1.55. The van der Waals surface area contributed by atoms with E-state index in [1.165, 1.54) is 0 Å². The van der Waals surface area contributed by atoms with Crippen molar-refractivity contribution >= 4 is 5.91 Å². The smallest absolute Gasteiger partial charge is 0.237 e.